The van der Waals surface area contributed by atoms with Gasteiger partial charge in [0.05, 0.1) is 7.11 Å². The number of benzene rings is 2. The molecule has 8 nitrogen and oxygen atoms in total. The van der Waals surface area contributed by atoms with E-state index in [1.165, 1.54) is 18.1 Å². The molecule has 0 aliphatic carbocycles. The van der Waals surface area contributed by atoms with Gasteiger partial charge in [0.2, 0.25) is 11.8 Å². The molecule has 1 heterocycles. The molecule has 2 aromatic rings. The van der Waals surface area contributed by atoms with E-state index in [1.807, 2.05) is 62.4 Å². The molecule has 1 saturated heterocycles. The van der Waals surface area contributed by atoms with Gasteiger partial charge in [0.1, 0.15) is 17.8 Å². The van der Waals surface area contributed by atoms with Gasteiger partial charge in [-0.05, 0) is 48.5 Å². The molecular formula is C30H35N3O5. The highest BCUT2D eigenvalue weighted by molar-refractivity contribution is 6.04. The van der Waals surface area contributed by atoms with Crippen molar-refractivity contribution in [2.45, 2.75) is 45.2 Å². The van der Waals surface area contributed by atoms with Crippen molar-refractivity contribution in [3.63, 3.8) is 0 Å². The summed E-state index contributed by atoms with van der Waals surface area (Å²) in [7, 11) is 1.27. The van der Waals surface area contributed by atoms with E-state index in [0.29, 0.717) is 31.4 Å². The zero-order valence-corrected chi connectivity index (χ0v) is 22.1. The second kappa shape index (κ2) is 13.9. The van der Waals surface area contributed by atoms with Crippen LogP contribution in [0.2, 0.25) is 0 Å². The van der Waals surface area contributed by atoms with Crippen LogP contribution in [0, 0.1) is 5.92 Å². The minimum Gasteiger partial charge on any atom is -0.467 e. The fraction of sp³-hybridized carbons (Fsp3) is 0.333. The fourth-order valence-electron chi connectivity index (χ4n) is 4.28. The topological polar surface area (TPSA) is 105 Å². The molecule has 3 rings (SSSR count). The van der Waals surface area contributed by atoms with Gasteiger partial charge in [-0.15, -0.1) is 0 Å². The molecule has 1 fully saturated rings. The Kier molecular flexibility index (Phi) is 10.4. The Morgan fingerprint density at radius 3 is 2.24 bits per heavy atom. The number of likely N-dealkylation sites (tertiary alicyclic amines) is 1. The standard InChI is InChI=1S/C30H35N3O5/c1-21(2)19-25(30(37)38-3)32-28(35)24(20-23-13-8-5-9-14-23)31-29(36)26-15-10-18-33(26)27(34)17-16-22-11-6-4-7-12-22/h4-9,11-14,16-17,20-21,25-26H,10,15,18-19H2,1-3H3,(H,31,36)(H,32,35)/b17-16+,24-20+/t25-,26-/m0/s1. The molecule has 0 spiro atoms. The highest BCUT2D eigenvalue weighted by Gasteiger charge is 2.34. The van der Waals surface area contributed by atoms with Crippen LogP contribution in [0.15, 0.2) is 72.4 Å². The molecule has 200 valence electrons. The summed E-state index contributed by atoms with van der Waals surface area (Å²) in [6.07, 6.45) is 6.25. The molecule has 0 bridgehead atoms. The predicted molar refractivity (Wildman–Crippen MR) is 146 cm³/mol. The number of carbonyl (C=O) groups is 4. The van der Waals surface area contributed by atoms with Crippen LogP contribution in [-0.2, 0) is 23.9 Å². The summed E-state index contributed by atoms with van der Waals surface area (Å²) in [5, 5.41) is 5.42. The van der Waals surface area contributed by atoms with Gasteiger partial charge in [-0.3, -0.25) is 14.4 Å². The number of esters is 1. The highest BCUT2D eigenvalue weighted by Crippen LogP contribution is 2.19. The molecule has 1 aliphatic heterocycles. The minimum atomic E-state index is -0.865. The monoisotopic (exact) mass is 517 g/mol. The number of nitrogens with one attached hydrogen (secondary N) is 2. The van der Waals surface area contributed by atoms with Crippen molar-refractivity contribution in [2.24, 2.45) is 5.92 Å². The lowest BCUT2D eigenvalue weighted by Gasteiger charge is -2.24. The minimum absolute atomic E-state index is 0.0158. The Morgan fingerprint density at radius 2 is 1.63 bits per heavy atom. The summed E-state index contributed by atoms with van der Waals surface area (Å²) in [5.74, 6) is -1.78. The van der Waals surface area contributed by atoms with Gasteiger partial charge < -0.3 is 20.3 Å². The third-order valence-electron chi connectivity index (χ3n) is 6.17. The van der Waals surface area contributed by atoms with Crippen molar-refractivity contribution in [3.05, 3.63) is 83.6 Å². The molecular weight excluding hydrogens is 482 g/mol. The first-order valence-electron chi connectivity index (χ1n) is 12.8. The van der Waals surface area contributed by atoms with Gasteiger partial charge in [-0.2, -0.15) is 0 Å². The smallest absolute Gasteiger partial charge is 0.328 e. The first-order chi connectivity index (χ1) is 18.3. The van der Waals surface area contributed by atoms with E-state index in [9.17, 15) is 19.2 Å². The average Bonchev–Trinajstić information content (AvgIpc) is 3.42. The number of amides is 3. The molecule has 0 radical (unpaired) electrons. The maximum Gasteiger partial charge on any atom is 0.328 e. The largest absolute Gasteiger partial charge is 0.467 e. The van der Waals surface area contributed by atoms with Crippen molar-refractivity contribution in [2.75, 3.05) is 13.7 Å². The van der Waals surface area contributed by atoms with Crippen molar-refractivity contribution in [1.82, 2.24) is 15.5 Å². The van der Waals surface area contributed by atoms with Crippen molar-refractivity contribution < 1.29 is 23.9 Å². The van der Waals surface area contributed by atoms with Crippen molar-refractivity contribution in [3.8, 4) is 0 Å². The summed E-state index contributed by atoms with van der Waals surface area (Å²) < 4.78 is 4.86. The van der Waals surface area contributed by atoms with Gasteiger partial charge in [-0.25, -0.2) is 4.79 Å². The first kappa shape index (κ1) is 28.4. The molecule has 2 aromatic carbocycles. The molecule has 0 unspecified atom stereocenters. The van der Waals surface area contributed by atoms with E-state index < -0.39 is 29.9 Å². The summed E-state index contributed by atoms with van der Waals surface area (Å²) >= 11 is 0. The Bertz CT molecular complexity index is 1170. The Hall–Kier alpha value is -4.20. The molecule has 2 N–H and O–H groups in total. The van der Waals surface area contributed by atoms with Crippen LogP contribution in [0.4, 0.5) is 0 Å². The zero-order valence-electron chi connectivity index (χ0n) is 22.1. The number of hydrogen-bond acceptors (Lipinski definition) is 5. The lowest BCUT2D eigenvalue weighted by molar-refractivity contribution is -0.145. The maximum atomic E-state index is 13.4. The molecule has 0 aromatic heterocycles. The van der Waals surface area contributed by atoms with Gasteiger partial charge in [0.25, 0.3) is 5.91 Å². The molecule has 38 heavy (non-hydrogen) atoms. The van der Waals surface area contributed by atoms with Crippen LogP contribution in [0.1, 0.15) is 44.2 Å². The van der Waals surface area contributed by atoms with Crippen LogP contribution in [0.25, 0.3) is 12.2 Å². The normalized spacial score (nSPS) is 16.4. The molecule has 2 atom stereocenters. The van der Waals surface area contributed by atoms with E-state index in [-0.39, 0.29) is 17.5 Å². The van der Waals surface area contributed by atoms with Crippen LogP contribution < -0.4 is 10.6 Å². The van der Waals surface area contributed by atoms with Crippen LogP contribution >= 0.6 is 0 Å². The lowest BCUT2D eigenvalue weighted by Crippen LogP contribution is -2.49. The third kappa shape index (κ3) is 8.16. The van der Waals surface area contributed by atoms with Crippen LogP contribution in [0.3, 0.4) is 0 Å². The number of methoxy groups -OCH3 is 1. The van der Waals surface area contributed by atoms with Crippen molar-refractivity contribution in [1.29, 1.82) is 0 Å². The molecule has 3 amide bonds. The predicted octanol–water partition coefficient (Wildman–Crippen LogP) is 3.55. The van der Waals surface area contributed by atoms with E-state index in [0.717, 1.165) is 5.56 Å². The van der Waals surface area contributed by atoms with Crippen molar-refractivity contribution >= 4 is 35.8 Å². The summed E-state index contributed by atoms with van der Waals surface area (Å²) in [6, 6.07) is 16.9. The van der Waals surface area contributed by atoms with Gasteiger partial charge in [0, 0.05) is 12.6 Å². The quantitative estimate of drug-likeness (QED) is 0.371. The van der Waals surface area contributed by atoms with Gasteiger partial charge in [-0.1, -0.05) is 74.5 Å². The van der Waals surface area contributed by atoms with Crippen LogP contribution in [0.5, 0.6) is 0 Å². The Morgan fingerprint density at radius 1 is 1.00 bits per heavy atom. The van der Waals surface area contributed by atoms with E-state index >= 15 is 0 Å². The number of carbonyl (C=O) groups excluding carboxylic acids is 4. The summed E-state index contributed by atoms with van der Waals surface area (Å²) in [6.45, 7) is 4.31. The second-order valence-corrected chi connectivity index (χ2v) is 9.57. The summed E-state index contributed by atoms with van der Waals surface area (Å²) in [4.78, 5) is 53.4. The summed E-state index contributed by atoms with van der Waals surface area (Å²) in [5.41, 5.74) is 1.56. The molecule has 0 saturated carbocycles. The van der Waals surface area contributed by atoms with Gasteiger partial charge >= 0.3 is 5.97 Å². The number of ether oxygens (including phenoxy) is 1. The average molecular weight is 518 g/mol. The number of hydrogen-bond donors (Lipinski definition) is 2. The van der Waals surface area contributed by atoms with E-state index in [4.69, 9.17) is 4.74 Å². The lowest BCUT2D eigenvalue weighted by atomic mass is 10.0. The third-order valence-corrected chi connectivity index (χ3v) is 6.17. The van der Waals surface area contributed by atoms with E-state index in [1.54, 1.807) is 24.3 Å². The number of nitrogens with zero attached hydrogens (tertiary/aromatic N) is 1. The second-order valence-electron chi connectivity index (χ2n) is 9.57. The Balaban J connectivity index is 1.79. The maximum absolute atomic E-state index is 13.4. The molecule has 1 aliphatic rings. The number of rotatable bonds is 10. The Labute approximate surface area is 223 Å². The molecule has 8 heteroatoms. The SMILES string of the molecule is COC(=O)[C@H](CC(C)C)NC(=O)/C(=C\c1ccccc1)NC(=O)[C@@H]1CCCN1C(=O)/C=C/c1ccccc1. The van der Waals surface area contributed by atoms with Gasteiger partial charge in [0.15, 0.2) is 0 Å². The van der Waals surface area contributed by atoms with E-state index in [2.05, 4.69) is 10.6 Å². The highest BCUT2D eigenvalue weighted by atomic mass is 16.5. The first-order valence-corrected chi connectivity index (χ1v) is 12.8. The van der Waals surface area contributed by atoms with Crippen LogP contribution in [-0.4, -0.2) is 54.3 Å². The fourth-order valence-corrected chi connectivity index (χ4v) is 4.28. The zero-order chi connectivity index (χ0) is 27.5.